The Kier molecular flexibility index (Phi) is 5.28. The third-order valence-electron chi connectivity index (χ3n) is 11.1. The number of hydrogen-bond donors (Lipinski definition) is 0. The SMILES string of the molecule is C1=CC2C(C=C1n1c3cccc4c3c3c5c(ccc31)ccc1c5c3c-4cccc3n1-c1ccccc1)Sc1ccccc1N2c1ccccc1. The minimum absolute atomic E-state index is 0.210. The molecule has 2 aromatic heterocycles. The number of aromatic nitrogens is 2. The average Bonchev–Trinajstić information content (AvgIpc) is 3.66. The van der Waals surface area contributed by atoms with Crippen LogP contribution in [0, 0.1) is 0 Å². The number of rotatable bonds is 3. The van der Waals surface area contributed by atoms with Gasteiger partial charge in [0.25, 0.3) is 0 Å². The Hall–Kier alpha value is -5.97. The molecule has 50 heavy (non-hydrogen) atoms. The molecule has 0 saturated carbocycles. The van der Waals surface area contributed by atoms with Gasteiger partial charge in [-0.2, -0.15) is 0 Å². The average molecular weight is 656 g/mol. The normalized spacial score (nSPS) is 17.5. The molecule has 0 spiro atoms. The van der Waals surface area contributed by atoms with Crippen molar-refractivity contribution in [1.82, 2.24) is 9.13 Å². The first-order chi connectivity index (χ1) is 24.8. The van der Waals surface area contributed by atoms with Gasteiger partial charge in [0, 0.05) is 48.9 Å². The van der Waals surface area contributed by atoms with Crippen molar-refractivity contribution in [2.24, 2.45) is 0 Å². The fourth-order valence-electron chi connectivity index (χ4n) is 9.17. The van der Waals surface area contributed by atoms with Gasteiger partial charge in [0.15, 0.2) is 0 Å². The van der Waals surface area contributed by atoms with E-state index in [-0.39, 0.29) is 11.3 Å². The van der Waals surface area contributed by atoms with Gasteiger partial charge in [0.05, 0.1) is 39.0 Å². The second-order valence-corrected chi connectivity index (χ2v) is 14.8. The highest BCUT2D eigenvalue weighted by Gasteiger charge is 2.36. The van der Waals surface area contributed by atoms with Crippen LogP contribution in [0.25, 0.3) is 76.9 Å². The number of benzene rings is 7. The first-order valence-corrected chi connectivity index (χ1v) is 18.2. The number of fused-ring (bicyclic) bond motifs is 3. The fraction of sp³-hybridized carbons (Fsp3) is 0.0435. The summed E-state index contributed by atoms with van der Waals surface area (Å²) in [6.45, 7) is 0. The summed E-state index contributed by atoms with van der Waals surface area (Å²) in [6.07, 6.45) is 7.31. The van der Waals surface area contributed by atoms with Gasteiger partial charge in [-0.25, -0.2) is 0 Å². The molecule has 0 fully saturated rings. The standard InChI is InChI=1S/C46H29N3S/c1-3-11-29(12-4-1)47-34-17-7-8-20-40(34)50-41-27-31(23-26-35(41)47)49-37-19-10-16-33-32-15-9-18-36-43(32)45-38(48(36)30-13-5-2-6-14-30)24-21-28-22-25-39(49)46(42(28)45)44(33)37/h1-27,35,41H. The summed E-state index contributed by atoms with van der Waals surface area (Å²) in [5, 5.41) is 8.29. The molecule has 12 rings (SSSR count). The van der Waals surface area contributed by atoms with Crippen molar-refractivity contribution in [3.63, 3.8) is 0 Å². The Labute approximate surface area is 293 Å². The van der Waals surface area contributed by atoms with Gasteiger partial charge in [0.2, 0.25) is 0 Å². The molecule has 234 valence electrons. The van der Waals surface area contributed by atoms with E-state index in [4.69, 9.17) is 0 Å². The van der Waals surface area contributed by atoms with Crippen LogP contribution in [0.15, 0.2) is 169 Å². The van der Waals surface area contributed by atoms with E-state index in [1.54, 1.807) is 0 Å². The molecule has 0 bridgehead atoms. The zero-order chi connectivity index (χ0) is 32.5. The molecule has 4 heteroatoms. The lowest BCUT2D eigenvalue weighted by Gasteiger charge is -2.42. The number of thioether (sulfide) groups is 1. The summed E-state index contributed by atoms with van der Waals surface area (Å²) in [6, 6.07) is 53.9. The summed E-state index contributed by atoms with van der Waals surface area (Å²) in [5.74, 6) is 0. The Bertz CT molecular complexity index is 2970. The summed E-state index contributed by atoms with van der Waals surface area (Å²) in [4.78, 5) is 3.84. The Balaban J connectivity index is 1.15. The minimum atomic E-state index is 0.210. The minimum Gasteiger partial charge on any atom is -0.332 e. The molecule has 0 saturated heterocycles. The van der Waals surface area contributed by atoms with Gasteiger partial charge in [0.1, 0.15) is 0 Å². The van der Waals surface area contributed by atoms with Gasteiger partial charge >= 0.3 is 0 Å². The van der Waals surface area contributed by atoms with Crippen LogP contribution < -0.4 is 4.90 Å². The van der Waals surface area contributed by atoms with Crippen LogP contribution in [0.3, 0.4) is 0 Å². The van der Waals surface area contributed by atoms with Crippen molar-refractivity contribution in [3.8, 4) is 16.8 Å². The molecule has 3 nitrogen and oxygen atoms in total. The van der Waals surface area contributed by atoms with E-state index in [2.05, 4.69) is 178 Å². The van der Waals surface area contributed by atoms with E-state index >= 15 is 0 Å². The van der Waals surface area contributed by atoms with Crippen LogP contribution >= 0.6 is 11.8 Å². The molecular formula is C46H29N3S. The van der Waals surface area contributed by atoms with Crippen molar-refractivity contribution in [2.45, 2.75) is 16.2 Å². The molecule has 9 aromatic rings. The van der Waals surface area contributed by atoms with Crippen molar-refractivity contribution >= 4 is 83.2 Å². The maximum absolute atomic E-state index is 2.53. The largest absolute Gasteiger partial charge is 0.332 e. The van der Waals surface area contributed by atoms with Crippen LogP contribution in [-0.2, 0) is 0 Å². The fourth-order valence-corrected chi connectivity index (χ4v) is 10.5. The lowest BCUT2D eigenvalue weighted by Crippen LogP contribution is -2.41. The van der Waals surface area contributed by atoms with E-state index in [0.29, 0.717) is 0 Å². The van der Waals surface area contributed by atoms with Crippen LogP contribution in [0.2, 0.25) is 0 Å². The van der Waals surface area contributed by atoms with E-state index < -0.39 is 0 Å². The first-order valence-electron chi connectivity index (χ1n) is 17.4. The molecule has 0 amide bonds. The lowest BCUT2D eigenvalue weighted by atomic mass is 9.98. The van der Waals surface area contributed by atoms with Gasteiger partial charge in [-0.05, 0) is 89.3 Å². The van der Waals surface area contributed by atoms with Crippen molar-refractivity contribution in [2.75, 3.05) is 4.90 Å². The van der Waals surface area contributed by atoms with Gasteiger partial charge < -0.3 is 14.0 Å². The van der Waals surface area contributed by atoms with Crippen LogP contribution in [-0.4, -0.2) is 20.4 Å². The molecule has 2 atom stereocenters. The van der Waals surface area contributed by atoms with Gasteiger partial charge in [-0.15, -0.1) is 11.8 Å². The predicted molar refractivity (Wildman–Crippen MR) is 212 cm³/mol. The highest BCUT2D eigenvalue weighted by Crippen LogP contribution is 2.52. The molecule has 0 radical (unpaired) electrons. The topological polar surface area (TPSA) is 13.1 Å². The van der Waals surface area contributed by atoms with E-state index in [1.165, 1.54) is 93.2 Å². The Morgan fingerprint density at radius 2 is 1.06 bits per heavy atom. The maximum Gasteiger partial charge on any atom is 0.0684 e. The molecule has 3 aliphatic rings. The van der Waals surface area contributed by atoms with Crippen molar-refractivity contribution in [1.29, 1.82) is 0 Å². The highest BCUT2D eigenvalue weighted by atomic mass is 32.2. The zero-order valence-corrected chi connectivity index (χ0v) is 27.8. The van der Waals surface area contributed by atoms with E-state index in [1.807, 2.05) is 11.8 Å². The molecule has 1 aliphatic heterocycles. The van der Waals surface area contributed by atoms with Crippen LogP contribution in [0.4, 0.5) is 11.4 Å². The summed E-state index contributed by atoms with van der Waals surface area (Å²) < 4.78 is 4.99. The summed E-state index contributed by atoms with van der Waals surface area (Å²) in [7, 11) is 0. The molecule has 2 aliphatic carbocycles. The predicted octanol–water partition coefficient (Wildman–Crippen LogP) is 12.1. The van der Waals surface area contributed by atoms with Crippen LogP contribution in [0.5, 0.6) is 0 Å². The van der Waals surface area contributed by atoms with Crippen molar-refractivity contribution < 1.29 is 0 Å². The molecule has 0 N–H and O–H groups in total. The van der Waals surface area contributed by atoms with E-state index in [0.717, 1.165) is 0 Å². The van der Waals surface area contributed by atoms with Gasteiger partial charge in [-0.1, -0.05) is 91.0 Å². The Morgan fingerprint density at radius 3 is 1.78 bits per heavy atom. The number of anilines is 2. The number of nitrogens with zero attached hydrogens (tertiary/aromatic N) is 3. The number of hydrogen-bond acceptors (Lipinski definition) is 2. The molecule has 2 unspecified atom stereocenters. The second kappa shape index (κ2) is 9.81. The Morgan fingerprint density at radius 1 is 0.460 bits per heavy atom. The third-order valence-corrected chi connectivity index (χ3v) is 12.4. The smallest absolute Gasteiger partial charge is 0.0684 e. The van der Waals surface area contributed by atoms with E-state index in [9.17, 15) is 0 Å². The first kappa shape index (κ1) is 26.9. The number of para-hydroxylation sites is 3. The zero-order valence-electron chi connectivity index (χ0n) is 27.0. The third kappa shape index (κ3) is 3.41. The highest BCUT2D eigenvalue weighted by molar-refractivity contribution is 8.00. The maximum atomic E-state index is 2.53. The quantitative estimate of drug-likeness (QED) is 0.188. The van der Waals surface area contributed by atoms with Gasteiger partial charge in [-0.3, -0.25) is 0 Å². The van der Waals surface area contributed by atoms with Crippen LogP contribution in [0.1, 0.15) is 0 Å². The number of allylic oxidation sites excluding steroid dienone is 2. The second-order valence-electron chi connectivity index (χ2n) is 13.6. The summed E-state index contributed by atoms with van der Waals surface area (Å²) in [5.41, 5.74) is 12.6. The molecular weight excluding hydrogens is 627 g/mol. The molecule has 3 heterocycles. The lowest BCUT2D eigenvalue weighted by molar-refractivity contribution is 0.777. The summed E-state index contributed by atoms with van der Waals surface area (Å²) >= 11 is 1.98. The van der Waals surface area contributed by atoms with Crippen molar-refractivity contribution in [3.05, 3.63) is 164 Å². The monoisotopic (exact) mass is 655 g/mol. The molecule has 7 aromatic carbocycles.